The Morgan fingerprint density at radius 2 is 2.19 bits per heavy atom. The van der Waals surface area contributed by atoms with E-state index in [1.165, 1.54) is 19.2 Å². The van der Waals surface area contributed by atoms with E-state index in [-0.39, 0.29) is 16.9 Å². The van der Waals surface area contributed by atoms with E-state index in [4.69, 9.17) is 4.74 Å². The van der Waals surface area contributed by atoms with Crippen LogP contribution in [0.25, 0.3) is 11.0 Å². The van der Waals surface area contributed by atoms with Crippen LogP contribution in [0.15, 0.2) is 36.7 Å². The third-order valence-corrected chi connectivity index (χ3v) is 3.17. The van der Waals surface area contributed by atoms with Crippen LogP contribution in [0.4, 0.5) is 4.39 Å². The molecule has 0 fully saturated rings. The first kappa shape index (κ1) is 13.1. The van der Waals surface area contributed by atoms with Crippen LogP contribution in [-0.2, 0) is 0 Å². The van der Waals surface area contributed by atoms with Crippen LogP contribution in [0, 0.1) is 12.7 Å². The lowest BCUT2D eigenvalue weighted by Gasteiger charge is -2.12. The van der Waals surface area contributed by atoms with Gasteiger partial charge in [0, 0.05) is 17.1 Å². The number of carboxylic acid groups (broad SMARTS) is 1. The monoisotopic (exact) mass is 286 g/mol. The number of pyridine rings is 1. The van der Waals surface area contributed by atoms with Gasteiger partial charge in [0.05, 0.1) is 6.20 Å². The number of nitrogens with one attached hydrogen (secondary N) is 1. The number of halogens is 1. The zero-order valence-electron chi connectivity index (χ0n) is 11.1. The molecular formula is C15H11FN2O3. The first-order chi connectivity index (χ1) is 10.1. The Morgan fingerprint density at radius 1 is 1.38 bits per heavy atom. The van der Waals surface area contributed by atoms with Crippen molar-refractivity contribution in [1.29, 1.82) is 0 Å². The zero-order chi connectivity index (χ0) is 15.0. The number of fused-ring (bicyclic) bond motifs is 1. The Labute approximate surface area is 119 Å². The fourth-order valence-corrected chi connectivity index (χ4v) is 2.06. The summed E-state index contributed by atoms with van der Waals surface area (Å²) < 4.78 is 19.2. The van der Waals surface area contributed by atoms with Gasteiger partial charge in [0.2, 0.25) is 0 Å². The lowest BCUT2D eigenvalue weighted by molar-refractivity contribution is 0.0694. The van der Waals surface area contributed by atoms with Crippen LogP contribution in [0.5, 0.6) is 11.5 Å². The topological polar surface area (TPSA) is 75.2 Å². The highest BCUT2D eigenvalue weighted by Gasteiger charge is 2.17. The zero-order valence-corrected chi connectivity index (χ0v) is 11.1. The van der Waals surface area contributed by atoms with Gasteiger partial charge in [-0.1, -0.05) is 0 Å². The second-order valence-corrected chi connectivity index (χ2v) is 4.54. The van der Waals surface area contributed by atoms with Gasteiger partial charge < -0.3 is 14.8 Å². The third kappa shape index (κ3) is 2.31. The van der Waals surface area contributed by atoms with Crippen molar-refractivity contribution in [2.45, 2.75) is 6.92 Å². The summed E-state index contributed by atoms with van der Waals surface area (Å²) in [4.78, 5) is 18.3. The second kappa shape index (κ2) is 4.90. The van der Waals surface area contributed by atoms with Gasteiger partial charge in [-0.2, -0.15) is 0 Å². The van der Waals surface area contributed by atoms with Gasteiger partial charge in [-0.05, 0) is 31.2 Å². The third-order valence-electron chi connectivity index (χ3n) is 3.17. The summed E-state index contributed by atoms with van der Waals surface area (Å²) in [7, 11) is 0. The quantitative estimate of drug-likeness (QED) is 0.772. The van der Waals surface area contributed by atoms with Crippen molar-refractivity contribution < 1.29 is 19.0 Å². The van der Waals surface area contributed by atoms with Gasteiger partial charge in [-0.15, -0.1) is 0 Å². The number of benzene rings is 1. The number of carbonyl (C=O) groups is 1. The van der Waals surface area contributed by atoms with Crippen molar-refractivity contribution in [3.8, 4) is 11.5 Å². The van der Waals surface area contributed by atoms with Gasteiger partial charge >= 0.3 is 5.97 Å². The molecule has 0 atom stereocenters. The van der Waals surface area contributed by atoms with Crippen LogP contribution >= 0.6 is 0 Å². The molecule has 0 aliphatic carbocycles. The van der Waals surface area contributed by atoms with Gasteiger partial charge in [-0.25, -0.2) is 14.2 Å². The standard InChI is InChI=1S/C15H11FN2O3/c1-8-12(16)3-2-11(15(19)20)13(8)21-10-6-9-4-5-17-14(9)18-7-10/h2-7H,1H3,(H,17,18)(H,19,20). The number of hydrogen-bond donors (Lipinski definition) is 2. The minimum absolute atomic E-state index is 0.0146. The van der Waals surface area contributed by atoms with Crippen molar-refractivity contribution in [3.63, 3.8) is 0 Å². The predicted octanol–water partition coefficient (Wildman–Crippen LogP) is 3.50. The first-order valence-corrected chi connectivity index (χ1v) is 6.19. The Bertz CT molecular complexity index is 842. The molecule has 0 bridgehead atoms. The highest BCUT2D eigenvalue weighted by molar-refractivity contribution is 5.91. The maximum Gasteiger partial charge on any atom is 0.339 e. The van der Waals surface area contributed by atoms with E-state index in [2.05, 4.69) is 9.97 Å². The number of ether oxygens (including phenoxy) is 1. The summed E-state index contributed by atoms with van der Waals surface area (Å²) in [5, 5.41) is 9.99. The number of hydrogen-bond acceptors (Lipinski definition) is 3. The Morgan fingerprint density at radius 3 is 2.95 bits per heavy atom. The fraction of sp³-hybridized carbons (Fsp3) is 0.0667. The fourth-order valence-electron chi connectivity index (χ4n) is 2.06. The van der Waals surface area contributed by atoms with E-state index in [9.17, 15) is 14.3 Å². The van der Waals surface area contributed by atoms with Crippen LogP contribution in [-0.4, -0.2) is 21.0 Å². The highest BCUT2D eigenvalue weighted by atomic mass is 19.1. The van der Waals surface area contributed by atoms with Crippen molar-refractivity contribution >= 4 is 17.0 Å². The number of carboxylic acids is 1. The van der Waals surface area contributed by atoms with E-state index >= 15 is 0 Å². The van der Waals surface area contributed by atoms with Crippen molar-refractivity contribution in [3.05, 3.63) is 53.6 Å². The van der Waals surface area contributed by atoms with Gasteiger partial charge in [0.15, 0.2) is 0 Å². The Balaban J connectivity index is 2.07. The molecule has 0 radical (unpaired) electrons. The van der Waals surface area contributed by atoms with Gasteiger partial charge in [0.25, 0.3) is 0 Å². The minimum Gasteiger partial charge on any atom is -0.478 e. The molecule has 0 aliphatic rings. The lowest BCUT2D eigenvalue weighted by Crippen LogP contribution is -2.03. The Kier molecular flexibility index (Phi) is 3.06. The number of aromatic amines is 1. The smallest absolute Gasteiger partial charge is 0.339 e. The number of rotatable bonds is 3. The minimum atomic E-state index is -1.18. The van der Waals surface area contributed by atoms with Gasteiger partial charge in [-0.3, -0.25) is 0 Å². The maximum absolute atomic E-state index is 13.6. The van der Waals surface area contributed by atoms with Crippen molar-refractivity contribution in [2.24, 2.45) is 0 Å². The average Bonchev–Trinajstić information content (AvgIpc) is 2.91. The number of aromatic carboxylic acids is 1. The predicted molar refractivity (Wildman–Crippen MR) is 74.3 cm³/mol. The van der Waals surface area contributed by atoms with E-state index in [0.29, 0.717) is 11.4 Å². The summed E-state index contributed by atoms with van der Waals surface area (Å²) >= 11 is 0. The molecule has 0 unspecified atom stereocenters. The van der Waals surface area contributed by atoms with E-state index < -0.39 is 11.8 Å². The molecule has 2 aromatic heterocycles. The molecule has 0 saturated heterocycles. The van der Waals surface area contributed by atoms with Crippen LogP contribution < -0.4 is 4.74 Å². The number of nitrogens with zero attached hydrogens (tertiary/aromatic N) is 1. The Hall–Kier alpha value is -2.89. The SMILES string of the molecule is Cc1c(F)ccc(C(=O)O)c1Oc1cnc2[nH]ccc2c1. The van der Waals surface area contributed by atoms with Crippen LogP contribution in [0.3, 0.4) is 0 Å². The van der Waals surface area contributed by atoms with Crippen LogP contribution in [0.1, 0.15) is 15.9 Å². The van der Waals surface area contributed by atoms with E-state index in [1.807, 2.05) is 6.07 Å². The largest absolute Gasteiger partial charge is 0.478 e. The molecule has 5 nitrogen and oxygen atoms in total. The molecule has 0 saturated carbocycles. The summed E-state index contributed by atoms with van der Waals surface area (Å²) in [6.45, 7) is 1.47. The molecule has 2 N–H and O–H groups in total. The number of aromatic nitrogens is 2. The molecule has 21 heavy (non-hydrogen) atoms. The average molecular weight is 286 g/mol. The highest BCUT2D eigenvalue weighted by Crippen LogP contribution is 2.31. The summed E-state index contributed by atoms with van der Waals surface area (Å²) in [6.07, 6.45) is 3.19. The molecule has 106 valence electrons. The normalized spacial score (nSPS) is 10.8. The molecule has 3 rings (SSSR count). The molecule has 0 aliphatic heterocycles. The summed E-state index contributed by atoms with van der Waals surface area (Å²) in [6, 6.07) is 5.81. The summed E-state index contributed by atoms with van der Waals surface area (Å²) in [5.41, 5.74) is 0.740. The molecular weight excluding hydrogens is 275 g/mol. The molecule has 3 aromatic rings. The van der Waals surface area contributed by atoms with E-state index in [1.54, 1.807) is 12.3 Å². The number of H-pyrrole nitrogens is 1. The molecule has 0 amide bonds. The van der Waals surface area contributed by atoms with Crippen molar-refractivity contribution in [1.82, 2.24) is 9.97 Å². The van der Waals surface area contributed by atoms with Crippen LogP contribution in [0.2, 0.25) is 0 Å². The first-order valence-electron chi connectivity index (χ1n) is 6.19. The molecule has 6 heteroatoms. The van der Waals surface area contributed by atoms with Crippen molar-refractivity contribution in [2.75, 3.05) is 0 Å². The second-order valence-electron chi connectivity index (χ2n) is 4.54. The van der Waals surface area contributed by atoms with Gasteiger partial charge in [0.1, 0.15) is 28.5 Å². The lowest BCUT2D eigenvalue weighted by atomic mass is 10.1. The molecule has 2 heterocycles. The molecule has 0 spiro atoms. The summed E-state index contributed by atoms with van der Waals surface area (Å²) in [5.74, 6) is -1.37. The van der Waals surface area contributed by atoms with E-state index in [0.717, 1.165) is 11.5 Å². The maximum atomic E-state index is 13.6. The molecule has 1 aromatic carbocycles.